The molecule has 2 aromatic carbocycles. The minimum Gasteiger partial charge on any atom is -0.410 e. The number of hydrogen-bond donors (Lipinski definition) is 1. The van der Waals surface area contributed by atoms with E-state index in [0.29, 0.717) is 5.69 Å². The van der Waals surface area contributed by atoms with Gasteiger partial charge in [-0.1, -0.05) is 29.8 Å². The normalized spacial score (nSPS) is 9.89. The predicted molar refractivity (Wildman–Crippen MR) is 67.5 cm³/mol. The fraction of sp³-hybridized carbons (Fsp3) is 0. The average molecular weight is 266 g/mol. The molecule has 0 spiro atoms. The lowest BCUT2D eigenvalue weighted by atomic mass is 10.3. The number of carbonyl (C=O) groups excluding carboxylic acids is 1. The summed E-state index contributed by atoms with van der Waals surface area (Å²) in [5.74, 6) is -0.387. The Morgan fingerprint density at radius 3 is 2.56 bits per heavy atom. The third-order valence-electron chi connectivity index (χ3n) is 2.12. The van der Waals surface area contributed by atoms with Crippen molar-refractivity contribution in [2.45, 2.75) is 0 Å². The maximum Gasteiger partial charge on any atom is 0.417 e. The highest BCUT2D eigenvalue weighted by Crippen LogP contribution is 2.21. The lowest BCUT2D eigenvalue weighted by molar-refractivity contribution is 0.215. The quantitative estimate of drug-likeness (QED) is 0.888. The van der Waals surface area contributed by atoms with E-state index in [2.05, 4.69) is 5.32 Å². The van der Waals surface area contributed by atoms with Crippen molar-refractivity contribution in [3.63, 3.8) is 0 Å². The van der Waals surface area contributed by atoms with Gasteiger partial charge >= 0.3 is 6.09 Å². The summed E-state index contributed by atoms with van der Waals surface area (Å²) in [4.78, 5) is 11.5. The molecule has 0 aliphatic rings. The number of anilines is 1. The maximum atomic E-state index is 12.9. The zero-order chi connectivity index (χ0) is 13.0. The Labute approximate surface area is 108 Å². The summed E-state index contributed by atoms with van der Waals surface area (Å²) in [7, 11) is 0. The van der Waals surface area contributed by atoms with Gasteiger partial charge in [-0.25, -0.2) is 9.18 Å². The molecule has 0 heterocycles. The number of hydrogen-bond acceptors (Lipinski definition) is 2. The van der Waals surface area contributed by atoms with E-state index in [1.165, 1.54) is 12.1 Å². The van der Waals surface area contributed by atoms with Crippen LogP contribution in [0.2, 0.25) is 5.02 Å². The molecular weight excluding hydrogens is 257 g/mol. The van der Waals surface area contributed by atoms with Crippen LogP contribution in [-0.2, 0) is 0 Å². The van der Waals surface area contributed by atoms with E-state index < -0.39 is 11.9 Å². The first-order valence-electron chi connectivity index (χ1n) is 5.14. The Hall–Kier alpha value is -2.07. The van der Waals surface area contributed by atoms with Crippen LogP contribution < -0.4 is 10.1 Å². The van der Waals surface area contributed by atoms with E-state index in [0.717, 1.165) is 6.07 Å². The van der Waals surface area contributed by atoms with Crippen molar-refractivity contribution in [1.29, 1.82) is 0 Å². The van der Waals surface area contributed by atoms with Gasteiger partial charge in [-0.3, -0.25) is 5.32 Å². The van der Waals surface area contributed by atoms with E-state index in [-0.39, 0.29) is 10.8 Å². The number of nitrogens with one attached hydrogen (secondary N) is 1. The van der Waals surface area contributed by atoms with E-state index in [4.69, 9.17) is 16.3 Å². The highest BCUT2D eigenvalue weighted by atomic mass is 35.5. The zero-order valence-corrected chi connectivity index (χ0v) is 9.95. The second-order valence-electron chi connectivity index (χ2n) is 3.46. The topological polar surface area (TPSA) is 38.3 Å². The van der Waals surface area contributed by atoms with E-state index >= 15 is 0 Å². The fourth-order valence-corrected chi connectivity index (χ4v) is 1.48. The van der Waals surface area contributed by atoms with Crippen LogP contribution in [0.4, 0.5) is 14.9 Å². The van der Waals surface area contributed by atoms with Gasteiger partial charge in [0.1, 0.15) is 11.6 Å². The Morgan fingerprint density at radius 2 is 1.89 bits per heavy atom. The molecule has 0 atom stereocenters. The third kappa shape index (κ3) is 3.21. The van der Waals surface area contributed by atoms with E-state index in [9.17, 15) is 9.18 Å². The molecule has 1 amide bonds. The monoisotopic (exact) mass is 265 g/mol. The summed E-state index contributed by atoms with van der Waals surface area (Å²) < 4.78 is 17.8. The number of amides is 1. The minimum absolute atomic E-state index is 0.0972. The molecule has 0 aromatic heterocycles. The summed E-state index contributed by atoms with van der Waals surface area (Å²) in [5.41, 5.74) is 0.607. The highest BCUT2D eigenvalue weighted by Gasteiger charge is 2.07. The van der Waals surface area contributed by atoms with Crippen molar-refractivity contribution in [3.05, 3.63) is 59.4 Å². The van der Waals surface area contributed by atoms with Crippen LogP contribution in [-0.4, -0.2) is 6.09 Å². The van der Waals surface area contributed by atoms with Crippen LogP contribution >= 0.6 is 11.6 Å². The molecule has 0 aliphatic heterocycles. The summed E-state index contributed by atoms with van der Waals surface area (Å²) in [5, 5.41) is 2.43. The molecule has 92 valence electrons. The summed E-state index contributed by atoms with van der Waals surface area (Å²) >= 11 is 5.57. The first kappa shape index (κ1) is 12.4. The van der Waals surface area contributed by atoms with Crippen molar-refractivity contribution in [1.82, 2.24) is 0 Å². The van der Waals surface area contributed by atoms with Crippen LogP contribution in [0.25, 0.3) is 0 Å². The number of para-hydroxylation sites is 1. The number of benzene rings is 2. The molecule has 1 N–H and O–H groups in total. The number of rotatable bonds is 2. The lowest BCUT2D eigenvalue weighted by Crippen LogP contribution is -2.16. The van der Waals surface area contributed by atoms with Crippen molar-refractivity contribution < 1.29 is 13.9 Å². The Bertz CT molecular complexity index is 560. The van der Waals surface area contributed by atoms with Gasteiger partial charge in [0.25, 0.3) is 0 Å². The molecule has 0 fully saturated rings. The Balaban J connectivity index is 2.01. The lowest BCUT2D eigenvalue weighted by Gasteiger charge is -2.06. The molecule has 2 rings (SSSR count). The van der Waals surface area contributed by atoms with Crippen molar-refractivity contribution in [2.75, 3.05) is 5.32 Å². The molecule has 18 heavy (non-hydrogen) atoms. The maximum absolute atomic E-state index is 12.9. The molecule has 0 saturated carbocycles. The number of halogens is 2. The van der Waals surface area contributed by atoms with Crippen LogP contribution in [0.5, 0.6) is 5.75 Å². The van der Waals surface area contributed by atoms with Crippen LogP contribution in [0, 0.1) is 5.82 Å². The number of carbonyl (C=O) groups is 1. The molecule has 0 saturated heterocycles. The number of ether oxygens (including phenoxy) is 1. The molecule has 2 aromatic rings. The van der Waals surface area contributed by atoms with Crippen molar-refractivity contribution in [3.8, 4) is 5.75 Å². The van der Waals surface area contributed by atoms with Gasteiger partial charge in [0.2, 0.25) is 0 Å². The Morgan fingerprint density at radius 1 is 1.17 bits per heavy atom. The van der Waals surface area contributed by atoms with Gasteiger partial charge in [-0.15, -0.1) is 0 Å². The molecule has 0 aliphatic carbocycles. The minimum atomic E-state index is -0.663. The highest BCUT2D eigenvalue weighted by molar-refractivity contribution is 6.30. The van der Waals surface area contributed by atoms with Crippen molar-refractivity contribution in [2.24, 2.45) is 0 Å². The van der Waals surface area contributed by atoms with E-state index in [1.807, 2.05) is 6.07 Å². The van der Waals surface area contributed by atoms with Gasteiger partial charge in [0.15, 0.2) is 0 Å². The summed E-state index contributed by atoms with van der Waals surface area (Å²) in [6.45, 7) is 0. The first-order chi connectivity index (χ1) is 8.65. The van der Waals surface area contributed by atoms with Gasteiger partial charge in [-0.05, 0) is 24.3 Å². The van der Waals surface area contributed by atoms with Crippen LogP contribution in [0.15, 0.2) is 48.5 Å². The molecule has 0 unspecified atom stereocenters. The zero-order valence-electron chi connectivity index (χ0n) is 9.19. The summed E-state index contributed by atoms with van der Waals surface area (Å²) in [6, 6.07) is 12.5. The van der Waals surface area contributed by atoms with Crippen molar-refractivity contribution >= 4 is 23.4 Å². The third-order valence-corrected chi connectivity index (χ3v) is 2.41. The van der Waals surface area contributed by atoms with Gasteiger partial charge in [-0.2, -0.15) is 0 Å². The summed E-state index contributed by atoms with van der Waals surface area (Å²) in [6.07, 6.45) is -0.663. The average Bonchev–Trinajstić information content (AvgIpc) is 2.35. The molecule has 5 heteroatoms. The first-order valence-corrected chi connectivity index (χ1v) is 5.52. The van der Waals surface area contributed by atoms with E-state index in [1.54, 1.807) is 24.3 Å². The smallest absolute Gasteiger partial charge is 0.410 e. The van der Waals surface area contributed by atoms with Gasteiger partial charge < -0.3 is 4.74 Å². The second kappa shape index (κ2) is 5.51. The van der Waals surface area contributed by atoms with Gasteiger partial charge in [0.05, 0.1) is 5.02 Å². The molecule has 0 radical (unpaired) electrons. The predicted octanol–water partition coefficient (Wildman–Crippen LogP) is 4.09. The standard InChI is InChI=1S/C13H9ClFNO2/c14-11-8-10(6-7-12(11)15)18-13(17)16-9-4-2-1-3-5-9/h1-8H,(H,16,17). The Kier molecular flexibility index (Phi) is 3.79. The molecular formula is C13H9ClFNO2. The fourth-order valence-electron chi connectivity index (χ4n) is 1.31. The van der Waals surface area contributed by atoms with Crippen LogP contribution in [0.1, 0.15) is 0 Å². The van der Waals surface area contributed by atoms with Crippen LogP contribution in [0.3, 0.4) is 0 Å². The molecule has 3 nitrogen and oxygen atoms in total. The largest absolute Gasteiger partial charge is 0.417 e. The second-order valence-corrected chi connectivity index (χ2v) is 3.86. The molecule has 0 bridgehead atoms. The SMILES string of the molecule is O=C(Nc1ccccc1)Oc1ccc(F)c(Cl)c1. The van der Waals surface area contributed by atoms with Gasteiger partial charge in [0, 0.05) is 11.8 Å².